The summed E-state index contributed by atoms with van der Waals surface area (Å²) in [4.78, 5) is 26.8. The summed E-state index contributed by atoms with van der Waals surface area (Å²) < 4.78 is 5.69. The number of phenolic OH excluding ortho intramolecular Hbond substituents is 1. The van der Waals surface area contributed by atoms with E-state index in [1.54, 1.807) is 54.3 Å². The van der Waals surface area contributed by atoms with Crippen LogP contribution in [0.4, 0.5) is 5.69 Å². The van der Waals surface area contributed by atoms with E-state index in [1.807, 2.05) is 0 Å². The normalized spacial score (nSPS) is 15.7. The van der Waals surface area contributed by atoms with Crippen LogP contribution in [-0.4, -0.2) is 41.0 Å². The molecule has 1 aliphatic rings. The van der Waals surface area contributed by atoms with Gasteiger partial charge in [-0.1, -0.05) is 23.7 Å². The number of hydrogen-bond donors (Lipinski definition) is 2. The summed E-state index contributed by atoms with van der Waals surface area (Å²) in [5.74, 6) is 0.184. The second-order valence-corrected chi connectivity index (χ2v) is 7.26. The van der Waals surface area contributed by atoms with Gasteiger partial charge >= 0.3 is 0 Å². The lowest BCUT2D eigenvalue weighted by Gasteiger charge is -2.33. The van der Waals surface area contributed by atoms with Crippen molar-refractivity contribution in [2.45, 2.75) is 25.9 Å². The lowest BCUT2D eigenvalue weighted by molar-refractivity contribution is -0.140. The maximum atomic E-state index is 12.6. The van der Waals surface area contributed by atoms with Gasteiger partial charge in [0.15, 0.2) is 6.10 Å². The van der Waals surface area contributed by atoms with Crippen LogP contribution in [0.5, 0.6) is 11.5 Å². The zero-order valence-corrected chi connectivity index (χ0v) is 16.4. The van der Waals surface area contributed by atoms with Crippen LogP contribution >= 0.6 is 11.6 Å². The number of carbonyl (C=O) groups is 2. The molecule has 1 aliphatic heterocycles. The minimum atomic E-state index is -0.618. The number of phenols is 1. The summed E-state index contributed by atoms with van der Waals surface area (Å²) in [6, 6.07) is 13.5. The number of hydrogen-bond acceptors (Lipinski definition) is 4. The van der Waals surface area contributed by atoms with Crippen LogP contribution in [0.2, 0.25) is 5.02 Å². The van der Waals surface area contributed by atoms with Crippen LogP contribution in [0, 0.1) is 5.92 Å². The van der Waals surface area contributed by atoms with Gasteiger partial charge in [0.2, 0.25) is 5.91 Å². The zero-order chi connectivity index (χ0) is 20.1. The zero-order valence-electron chi connectivity index (χ0n) is 15.6. The fraction of sp³-hybridized carbons (Fsp3) is 0.333. The average Bonchev–Trinajstić information content (AvgIpc) is 2.71. The van der Waals surface area contributed by atoms with E-state index in [0.29, 0.717) is 42.4 Å². The molecule has 0 saturated carbocycles. The minimum Gasteiger partial charge on any atom is -0.506 e. The van der Waals surface area contributed by atoms with Crippen molar-refractivity contribution in [3.05, 3.63) is 53.6 Å². The van der Waals surface area contributed by atoms with Crippen molar-refractivity contribution in [2.24, 2.45) is 5.92 Å². The molecule has 0 bridgehead atoms. The summed E-state index contributed by atoms with van der Waals surface area (Å²) in [7, 11) is 0. The summed E-state index contributed by atoms with van der Waals surface area (Å²) in [6.07, 6.45) is 0.519. The van der Waals surface area contributed by atoms with Gasteiger partial charge in [0.1, 0.15) is 11.5 Å². The molecule has 0 aliphatic carbocycles. The van der Waals surface area contributed by atoms with Crippen LogP contribution in [0.1, 0.15) is 19.8 Å². The van der Waals surface area contributed by atoms with Gasteiger partial charge in [-0.2, -0.15) is 0 Å². The molecular weight excluding hydrogens is 380 g/mol. The second kappa shape index (κ2) is 8.97. The van der Waals surface area contributed by atoms with Crippen molar-refractivity contribution in [1.29, 1.82) is 0 Å². The molecule has 0 aromatic heterocycles. The maximum absolute atomic E-state index is 12.6. The molecule has 0 radical (unpaired) electrons. The van der Waals surface area contributed by atoms with Crippen molar-refractivity contribution in [3.8, 4) is 11.5 Å². The SMILES string of the molecule is C[C@@H](Oc1ccc(Cl)cc1)C(=O)N1CCC(C(=O)Nc2ccccc2O)CC1. The minimum absolute atomic E-state index is 0.0386. The first kappa shape index (κ1) is 20.0. The summed E-state index contributed by atoms with van der Waals surface area (Å²) >= 11 is 5.85. The van der Waals surface area contributed by atoms with Gasteiger partial charge in [-0.15, -0.1) is 0 Å². The number of nitrogens with one attached hydrogen (secondary N) is 1. The molecule has 1 saturated heterocycles. The Kier molecular flexibility index (Phi) is 6.41. The Morgan fingerprint density at radius 3 is 2.43 bits per heavy atom. The number of para-hydroxylation sites is 2. The molecule has 2 amide bonds. The smallest absolute Gasteiger partial charge is 0.263 e. The Balaban J connectivity index is 1.50. The first-order valence-corrected chi connectivity index (χ1v) is 9.61. The Bertz CT molecular complexity index is 833. The average molecular weight is 403 g/mol. The molecule has 1 fully saturated rings. The number of benzene rings is 2. The summed E-state index contributed by atoms with van der Waals surface area (Å²) in [5.41, 5.74) is 0.399. The fourth-order valence-corrected chi connectivity index (χ4v) is 3.33. The number of aromatic hydroxyl groups is 1. The monoisotopic (exact) mass is 402 g/mol. The number of ether oxygens (including phenoxy) is 1. The topological polar surface area (TPSA) is 78.9 Å². The van der Waals surface area contributed by atoms with E-state index in [1.165, 1.54) is 6.07 Å². The third kappa shape index (κ3) is 4.95. The van der Waals surface area contributed by atoms with E-state index in [9.17, 15) is 14.7 Å². The number of carbonyl (C=O) groups excluding carboxylic acids is 2. The molecule has 148 valence electrons. The number of nitrogens with zero attached hydrogens (tertiary/aromatic N) is 1. The Labute approximate surface area is 169 Å². The third-order valence-electron chi connectivity index (χ3n) is 4.81. The van der Waals surface area contributed by atoms with E-state index in [-0.39, 0.29) is 23.5 Å². The molecule has 0 spiro atoms. The number of halogens is 1. The highest BCUT2D eigenvalue weighted by Crippen LogP contribution is 2.25. The van der Waals surface area contributed by atoms with E-state index in [0.717, 1.165) is 0 Å². The standard InChI is InChI=1S/C21H23ClN2O4/c1-14(28-17-8-6-16(22)7-9-17)21(27)24-12-10-15(11-13-24)20(26)23-18-4-2-3-5-19(18)25/h2-9,14-15,25H,10-13H2,1H3,(H,23,26)/t14-/m1/s1. The van der Waals surface area contributed by atoms with Crippen molar-refractivity contribution in [2.75, 3.05) is 18.4 Å². The summed E-state index contributed by atoms with van der Waals surface area (Å²) in [5, 5.41) is 13.1. The molecule has 2 N–H and O–H groups in total. The number of anilines is 1. The first-order valence-electron chi connectivity index (χ1n) is 9.24. The molecular formula is C21H23ClN2O4. The van der Waals surface area contributed by atoms with Gasteiger partial charge in [-0.3, -0.25) is 9.59 Å². The molecule has 7 heteroatoms. The van der Waals surface area contributed by atoms with Gasteiger partial charge in [0, 0.05) is 24.0 Å². The van der Waals surface area contributed by atoms with Crippen LogP contribution in [0.15, 0.2) is 48.5 Å². The van der Waals surface area contributed by atoms with Gasteiger partial charge in [-0.05, 0) is 56.2 Å². The Morgan fingerprint density at radius 1 is 1.14 bits per heavy atom. The molecule has 1 atom stereocenters. The van der Waals surface area contributed by atoms with Crippen molar-refractivity contribution in [3.63, 3.8) is 0 Å². The highest BCUT2D eigenvalue weighted by molar-refractivity contribution is 6.30. The van der Waals surface area contributed by atoms with Crippen LogP contribution in [-0.2, 0) is 9.59 Å². The molecule has 2 aromatic carbocycles. The predicted octanol–water partition coefficient (Wildman–Crippen LogP) is 3.69. The second-order valence-electron chi connectivity index (χ2n) is 6.82. The number of likely N-dealkylation sites (tertiary alicyclic amines) is 1. The van der Waals surface area contributed by atoms with Gasteiger partial charge in [0.25, 0.3) is 5.91 Å². The van der Waals surface area contributed by atoms with E-state index in [4.69, 9.17) is 16.3 Å². The quantitative estimate of drug-likeness (QED) is 0.747. The van der Waals surface area contributed by atoms with Crippen molar-refractivity contribution >= 4 is 29.1 Å². The summed E-state index contributed by atoms with van der Waals surface area (Å²) in [6.45, 7) is 2.70. The highest BCUT2D eigenvalue weighted by atomic mass is 35.5. The predicted molar refractivity (Wildman–Crippen MR) is 108 cm³/mol. The molecule has 3 rings (SSSR count). The van der Waals surface area contributed by atoms with Gasteiger partial charge in [0.05, 0.1) is 5.69 Å². The highest BCUT2D eigenvalue weighted by Gasteiger charge is 2.30. The van der Waals surface area contributed by atoms with E-state index < -0.39 is 6.10 Å². The first-order chi connectivity index (χ1) is 13.4. The maximum Gasteiger partial charge on any atom is 0.263 e. The van der Waals surface area contributed by atoms with Crippen molar-refractivity contribution < 1.29 is 19.4 Å². The largest absolute Gasteiger partial charge is 0.506 e. The number of amides is 2. The molecule has 2 aromatic rings. The molecule has 28 heavy (non-hydrogen) atoms. The van der Waals surface area contributed by atoms with E-state index >= 15 is 0 Å². The molecule has 0 unspecified atom stereocenters. The lowest BCUT2D eigenvalue weighted by atomic mass is 9.95. The molecule has 6 nitrogen and oxygen atoms in total. The number of rotatable bonds is 5. The fourth-order valence-electron chi connectivity index (χ4n) is 3.20. The van der Waals surface area contributed by atoms with Crippen LogP contribution in [0.25, 0.3) is 0 Å². The molecule has 1 heterocycles. The number of piperidine rings is 1. The third-order valence-corrected chi connectivity index (χ3v) is 5.07. The van der Waals surface area contributed by atoms with E-state index in [2.05, 4.69) is 5.32 Å². The Hall–Kier alpha value is -2.73. The van der Waals surface area contributed by atoms with Gasteiger partial charge < -0.3 is 20.1 Å². The van der Waals surface area contributed by atoms with Crippen LogP contribution in [0.3, 0.4) is 0 Å². The van der Waals surface area contributed by atoms with Crippen molar-refractivity contribution in [1.82, 2.24) is 4.90 Å². The lowest BCUT2D eigenvalue weighted by Crippen LogP contribution is -2.46. The van der Waals surface area contributed by atoms with Crippen LogP contribution < -0.4 is 10.1 Å². The van der Waals surface area contributed by atoms with Gasteiger partial charge in [-0.25, -0.2) is 0 Å². The Morgan fingerprint density at radius 2 is 1.79 bits per heavy atom.